The first-order valence-corrected chi connectivity index (χ1v) is 12.0. The van der Waals surface area contributed by atoms with Crippen molar-refractivity contribution in [3.8, 4) is 0 Å². The smallest absolute Gasteiger partial charge is 0.303 e. The molecule has 0 aliphatic heterocycles. The van der Waals surface area contributed by atoms with E-state index in [4.69, 9.17) is 0 Å². The van der Waals surface area contributed by atoms with Crippen LogP contribution in [0.25, 0.3) is 0 Å². The monoisotopic (exact) mass is 452 g/mol. The quantitative estimate of drug-likeness (QED) is 0.556. The molecule has 0 unspecified atom stereocenters. The van der Waals surface area contributed by atoms with Crippen molar-refractivity contribution in [2.75, 3.05) is 0 Å². The number of fused-ring (bicyclic) bond motifs is 5. The van der Waals surface area contributed by atoms with E-state index in [1.54, 1.807) is 19.9 Å². The molecule has 5 heteroatoms. The normalized spacial score (nSPS) is 40.1. The molecule has 33 heavy (non-hydrogen) atoms. The highest BCUT2D eigenvalue weighted by atomic mass is 16.4. The van der Waals surface area contributed by atoms with Crippen LogP contribution in [0, 0.1) is 27.6 Å². The maximum atomic E-state index is 12.5. The summed E-state index contributed by atoms with van der Waals surface area (Å²) < 4.78 is 0. The number of carboxylic acid groups (broad SMARTS) is 1. The van der Waals surface area contributed by atoms with Crippen molar-refractivity contribution in [1.29, 1.82) is 0 Å². The molecular formula is C28H36O5. The van der Waals surface area contributed by atoms with Gasteiger partial charge in [-0.25, -0.2) is 0 Å². The molecule has 2 N–H and O–H groups in total. The third kappa shape index (κ3) is 3.14. The molecule has 0 aromatic heterocycles. The number of aliphatic hydroxyl groups excluding tert-OH is 1. The minimum absolute atomic E-state index is 0.0409. The molecule has 0 aromatic rings. The third-order valence-corrected chi connectivity index (χ3v) is 10.0. The van der Waals surface area contributed by atoms with Gasteiger partial charge in [0, 0.05) is 17.4 Å². The second-order valence-corrected chi connectivity index (χ2v) is 11.8. The van der Waals surface area contributed by atoms with Crippen molar-refractivity contribution >= 4 is 17.5 Å². The van der Waals surface area contributed by atoms with Gasteiger partial charge in [-0.2, -0.15) is 0 Å². The number of ketones is 2. The van der Waals surface area contributed by atoms with Gasteiger partial charge in [-0.1, -0.05) is 45.4 Å². The summed E-state index contributed by atoms with van der Waals surface area (Å²) in [6.45, 7) is 12.2. The van der Waals surface area contributed by atoms with E-state index in [1.165, 1.54) is 5.57 Å². The Morgan fingerprint density at radius 2 is 1.73 bits per heavy atom. The fourth-order valence-electron chi connectivity index (χ4n) is 7.89. The van der Waals surface area contributed by atoms with Crippen molar-refractivity contribution in [3.05, 3.63) is 46.3 Å². The number of rotatable bonds is 4. The van der Waals surface area contributed by atoms with Gasteiger partial charge in [0.05, 0.1) is 6.42 Å². The molecule has 4 rings (SSSR count). The Balaban J connectivity index is 1.88. The molecule has 178 valence electrons. The van der Waals surface area contributed by atoms with Crippen LogP contribution in [0.4, 0.5) is 0 Å². The van der Waals surface area contributed by atoms with E-state index in [9.17, 15) is 24.6 Å². The summed E-state index contributed by atoms with van der Waals surface area (Å²) in [5.41, 5.74) is 2.54. The number of aliphatic carboxylic acids is 1. The van der Waals surface area contributed by atoms with Crippen LogP contribution in [0.1, 0.15) is 80.1 Å². The summed E-state index contributed by atoms with van der Waals surface area (Å²) in [5.74, 6) is -1.27. The van der Waals surface area contributed by atoms with Crippen molar-refractivity contribution in [3.63, 3.8) is 0 Å². The highest BCUT2D eigenvalue weighted by molar-refractivity contribution is 6.06. The summed E-state index contributed by atoms with van der Waals surface area (Å²) in [5, 5.41) is 19.9. The van der Waals surface area contributed by atoms with E-state index >= 15 is 0 Å². The van der Waals surface area contributed by atoms with Crippen LogP contribution in [0.5, 0.6) is 0 Å². The first-order valence-electron chi connectivity index (χ1n) is 12.0. The molecular weight excluding hydrogens is 416 g/mol. The molecule has 5 nitrogen and oxygen atoms in total. The first kappa shape index (κ1) is 23.7. The Morgan fingerprint density at radius 3 is 2.33 bits per heavy atom. The van der Waals surface area contributed by atoms with E-state index in [-0.39, 0.29) is 45.9 Å². The van der Waals surface area contributed by atoms with Crippen molar-refractivity contribution in [2.24, 2.45) is 27.6 Å². The van der Waals surface area contributed by atoms with E-state index in [1.807, 2.05) is 6.08 Å². The number of carbonyl (C=O) groups is 3. The standard InChI is InChI=1S/C28H36O5/c1-16(29)13-22-25(3,15-23(31)32)9-11-27(5)21-8-7-18-17(2)24(33)20(30)14-19(18)26(21,4)10-12-28(22,27)6/h7-8,14,22,33H,9-13,15H2,1-6H3,(H,31,32)/t22-,25+,26+,27-,28+/m1/s1. The molecule has 4 aliphatic carbocycles. The minimum atomic E-state index is -0.809. The average molecular weight is 453 g/mol. The highest BCUT2D eigenvalue weighted by Crippen LogP contribution is 2.73. The fourth-order valence-corrected chi connectivity index (χ4v) is 7.89. The number of hydrogen-bond donors (Lipinski definition) is 2. The van der Waals surface area contributed by atoms with Crippen LogP contribution in [0.2, 0.25) is 0 Å². The molecule has 4 aliphatic rings. The predicted molar refractivity (Wildman–Crippen MR) is 127 cm³/mol. The topological polar surface area (TPSA) is 91.7 Å². The van der Waals surface area contributed by atoms with Gasteiger partial charge in [0.15, 0.2) is 5.76 Å². The third-order valence-electron chi connectivity index (χ3n) is 10.0. The molecule has 0 aromatic carbocycles. The summed E-state index contributed by atoms with van der Waals surface area (Å²) in [7, 11) is 0. The fraction of sp³-hybridized carbons (Fsp3) is 0.607. The lowest BCUT2D eigenvalue weighted by molar-refractivity contribution is -0.158. The van der Waals surface area contributed by atoms with Crippen LogP contribution in [0.15, 0.2) is 46.3 Å². The molecule has 5 atom stereocenters. The summed E-state index contributed by atoms with van der Waals surface area (Å²) in [6, 6.07) is 0. The van der Waals surface area contributed by atoms with Gasteiger partial charge in [0.1, 0.15) is 5.78 Å². The first-order chi connectivity index (χ1) is 15.2. The van der Waals surface area contributed by atoms with Gasteiger partial charge in [0.25, 0.3) is 0 Å². The van der Waals surface area contributed by atoms with E-state index in [2.05, 4.69) is 33.8 Å². The Labute approximate surface area is 196 Å². The molecule has 0 radical (unpaired) electrons. The molecule has 0 spiro atoms. The maximum Gasteiger partial charge on any atom is 0.303 e. The number of allylic oxidation sites excluding steroid dienone is 7. The molecule has 0 heterocycles. The van der Waals surface area contributed by atoms with Gasteiger partial charge in [-0.15, -0.1) is 0 Å². The van der Waals surface area contributed by atoms with Gasteiger partial charge in [-0.05, 0) is 78.9 Å². The van der Waals surface area contributed by atoms with Crippen molar-refractivity contribution in [2.45, 2.75) is 80.1 Å². The lowest BCUT2D eigenvalue weighted by Crippen LogP contribution is -2.60. The second-order valence-electron chi connectivity index (χ2n) is 11.8. The Hall–Kier alpha value is -2.43. The number of carbonyl (C=O) groups excluding carboxylic acids is 2. The number of carboxylic acids is 1. The molecule has 2 fully saturated rings. The Kier molecular flexibility index (Phi) is 5.23. The van der Waals surface area contributed by atoms with E-state index in [0.29, 0.717) is 12.0 Å². The van der Waals surface area contributed by atoms with E-state index < -0.39 is 11.4 Å². The predicted octanol–water partition coefficient (Wildman–Crippen LogP) is 5.88. The SMILES string of the molecule is CC(=O)C[C@@H]1[C@](C)(CC(=O)O)CC[C@]2(C)C3=CC=C4C(=CC(=O)C(O)=C4C)[C@]3(C)CC[C@@]12C. The largest absolute Gasteiger partial charge is 0.504 e. The van der Waals surface area contributed by atoms with Gasteiger partial charge >= 0.3 is 5.97 Å². The van der Waals surface area contributed by atoms with Crippen molar-refractivity contribution < 1.29 is 24.6 Å². The Bertz CT molecular complexity index is 1090. The van der Waals surface area contributed by atoms with Crippen LogP contribution in [-0.2, 0) is 14.4 Å². The zero-order valence-corrected chi connectivity index (χ0v) is 20.7. The number of aliphatic hydroxyl groups is 1. The Morgan fingerprint density at radius 1 is 1.06 bits per heavy atom. The van der Waals surface area contributed by atoms with Crippen LogP contribution < -0.4 is 0 Å². The zero-order valence-electron chi connectivity index (χ0n) is 20.7. The maximum absolute atomic E-state index is 12.5. The van der Waals surface area contributed by atoms with Crippen molar-refractivity contribution in [1.82, 2.24) is 0 Å². The highest BCUT2D eigenvalue weighted by Gasteiger charge is 2.65. The number of hydrogen-bond acceptors (Lipinski definition) is 4. The molecule has 2 saturated carbocycles. The van der Waals surface area contributed by atoms with Gasteiger partial charge in [-0.3, -0.25) is 9.59 Å². The van der Waals surface area contributed by atoms with Crippen LogP contribution in [-0.4, -0.2) is 27.7 Å². The summed E-state index contributed by atoms with van der Waals surface area (Å²) in [4.78, 5) is 36.7. The zero-order chi connectivity index (χ0) is 24.6. The lowest BCUT2D eigenvalue weighted by atomic mass is 9.36. The lowest BCUT2D eigenvalue weighted by Gasteiger charge is -2.67. The number of Topliss-reactive ketones (excluding diaryl/α,β-unsaturated/α-hetero) is 1. The summed E-state index contributed by atoms with van der Waals surface area (Å²) >= 11 is 0. The van der Waals surface area contributed by atoms with Gasteiger partial charge in [0.2, 0.25) is 5.78 Å². The second kappa shape index (κ2) is 7.28. The van der Waals surface area contributed by atoms with Gasteiger partial charge < -0.3 is 15.0 Å². The summed E-state index contributed by atoms with van der Waals surface area (Å²) in [6.07, 6.45) is 9.52. The molecule has 0 saturated heterocycles. The van der Waals surface area contributed by atoms with E-state index in [0.717, 1.165) is 36.8 Å². The van der Waals surface area contributed by atoms with Crippen LogP contribution in [0.3, 0.4) is 0 Å². The molecule has 0 bridgehead atoms. The average Bonchev–Trinajstić information content (AvgIpc) is 2.71. The van der Waals surface area contributed by atoms with Crippen LogP contribution >= 0.6 is 0 Å². The minimum Gasteiger partial charge on any atom is -0.504 e. The molecule has 0 amide bonds.